The van der Waals surface area contributed by atoms with Crippen LogP contribution in [-0.4, -0.2) is 17.6 Å². The second kappa shape index (κ2) is 5.53. The molecule has 1 heterocycles. The van der Waals surface area contributed by atoms with Crippen molar-refractivity contribution in [3.63, 3.8) is 0 Å². The lowest BCUT2D eigenvalue weighted by Crippen LogP contribution is -2.10. The molecule has 0 aliphatic rings. The third-order valence-electron chi connectivity index (χ3n) is 2.14. The maximum Gasteiger partial charge on any atom is 0.310 e. The molecule has 0 spiro atoms. The van der Waals surface area contributed by atoms with Crippen molar-refractivity contribution in [2.75, 3.05) is 6.61 Å². The second-order valence-electron chi connectivity index (χ2n) is 3.25. The van der Waals surface area contributed by atoms with Crippen LogP contribution in [0.3, 0.4) is 0 Å². The Morgan fingerprint density at radius 2 is 2.25 bits per heavy atom. The number of esters is 1. The van der Waals surface area contributed by atoms with Gasteiger partial charge < -0.3 is 4.74 Å². The Bertz CT molecular complexity index is 380. The summed E-state index contributed by atoms with van der Waals surface area (Å²) in [6.07, 6.45) is -1.36. The highest BCUT2D eigenvalue weighted by molar-refractivity contribution is 5.73. The van der Waals surface area contributed by atoms with Gasteiger partial charge in [0.15, 0.2) is 0 Å². The highest BCUT2D eigenvalue weighted by Gasteiger charge is 2.18. The van der Waals surface area contributed by atoms with Gasteiger partial charge in [0, 0.05) is 17.5 Å². The quantitative estimate of drug-likeness (QED) is 0.744. The molecular weight excluding hydrogens is 216 g/mol. The molecule has 5 heteroatoms. The van der Waals surface area contributed by atoms with Gasteiger partial charge in [0.25, 0.3) is 6.43 Å². The first-order chi connectivity index (χ1) is 7.56. The number of alkyl halides is 2. The van der Waals surface area contributed by atoms with E-state index in [0.717, 1.165) is 0 Å². The number of carbonyl (C=O) groups excluding carboxylic acids is 1. The number of aryl methyl sites for hydroxylation is 1. The Hall–Kier alpha value is -1.52. The van der Waals surface area contributed by atoms with Gasteiger partial charge in [0.05, 0.1) is 13.0 Å². The van der Waals surface area contributed by atoms with Crippen molar-refractivity contribution in [3.05, 3.63) is 29.1 Å². The number of pyridine rings is 1. The van der Waals surface area contributed by atoms with Crippen LogP contribution >= 0.6 is 0 Å². The Balaban J connectivity index is 2.95. The molecule has 0 aliphatic heterocycles. The number of rotatable bonds is 4. The minimum atomic E-state index is -2.63. The molecule has 0 bridgehead atoms. The Kier molecular flexibility index (Phi) is 4.34. The largest absolute Gasteiger partial charge is 0.466 e. The van der Waals surface area contributed by atoms with Gasteiger partial charge in [-0.3, -0.25) is 9.78 Å². The summed E-state index contributed by atoms with van der Waals surface area (Å²) in [4.78, 5) is 15.0. The van der Waals surface area contributed by atoms with E-state index in [-0.39, 0.29) is 29.8 Å². The van der Waals surface area contributed by atoms with Crippen molar-refractivity contribution in [2.45, 2.75) is 26.7 Å². The Labute approximate surface area is 92.4 Å². The van der Waals surface area contributed by atoms with Crippen LogP contribution in [0.1, 0.15) is 30.2 Å². The fourth-order valence-corrected chi connectivity index (χ4v) is 1.45. The van der Waals surface area contributed by atoms with Gasteiger partial charge in [0.1, 0.15) is 0 Å². The van der Waals surface area contributed by atoms with Gasteiger partial charge in [-0.25, -0.2) is 8.78 Å². The average Bonchev–Trinajstić information content (AvgIpc) is 2.17. The predicted octanol–water partition coefficient (Wildman–Crippen LogP) is 2.43. The van der Waals surface area contributed by atoms with Gasteiger partial charge in [-0.05, 0) is 25.5 Å². The molecular formula is C11H13F2NO2. The maximum absolute atomic E-state index is 12.7. The monoisotopic (exact) mass is 229 g/mol. The van der Waals surface area contributed by atoms with Crippen molar-refractivity contribution >= 4 is 5.97 Å². The molecule has 0 unspecified atom stereocenters. The number of halogens is 2. The van der Waals surface area contributed by atoms with Gasteiger partial charge >= 0.3 is 5.97 Å². The van der Waals surface area contributed by atoms with E-state index < -0.39 is 12.4 Å². The molecule has 0 aliphatic carbocycles. The van der Waals surface area contributed by atoms with E-state index in [9.17, 15) is 13.6 Å². The summed E-state index contributed by atoms with van der Waals surface area (Å²) in [7, 11) is 0. The molecule has 3 nitrogen and oxygen atoms in total. The molecule has 16 heavy (non-hydrogen) atoms. The topological polar surface area (TPSA) is 39.2 Å². The number of aromatic nitrogens is 1. The number of hydrogen-bond acceptors (Lipinski definition) is 3. The third kappa shape index (κ3) is 2.98. The zero-order chi connectivity index (χ0) is 12.1. The van der Waals surface area contributed by atoms with E-state index >= 15 is 0 Å². The highest BCUT2D eigenvalue weighted by atomic mass is 19.3. The maximum atomic E-state index is 12.7. The van der Waals surface area contributed by atoms with Crippen molar-refractivity contribution in [2.24, 2.45) is 0 Å². The summed E-state index contributed by atoms with van der Waals surface area (Å²) in [5.41, 5.74) is 0.355. The lowest BCUT2D eigenvalue weighted by atomic mass is 10.0. The molecule has 0 saturated carbocycles. The average molecular weight is 229 g/mol. The van der Waals surface area contributed by atoms with Gasteiger partial charge in [-0.2, -0.15) is 0 Å². The first-order valence-corrected chi connectivity index (χ1v) is 4.94. The molecule has 0 N–H and O–H groups in total. The summed E-state index contributed by atoms with van der Waals surface area (Å²) in [5.74, 6) is -0.505. The first-order valence-electron chi connectivity index (χ1n) is 4.94. The van der Waals surface area contributed by atoms with Crippen molar-refractivity contribution in [1.82, 2.24) is 4.98 Å². The van der Waals surface area contributed by atoms with Gasteiger partial charge in [0.2, 0.25) is 0 Å². The number of carbonyl (C=O) groups is 1. The van der Waals surface area contributed by atoms with Crippen LogP contribution in [0.5, 0.6) is 0 Å². The van der Waals surface area contributed by atoms with Crippen molar-refractivity contribution in [1.29, 1.82) is 0 Å². The molecule has 0 fully saturated rings. The fourth-order valence-electron chi connectivity index (χ4n) is 1.45. The lowest BCUT2D eigenvalue weighted by Gasteiger charge is -2.10. The van der Waals surface area contributed by atoms with Crippen LogP contribution in [0, 0.1) is 6.92 Å². The van der Waals surface area contributed by atoms with Crippen LogP contribution in [-0.2, 0) is 16.0 Å². The zero-order valence-corrected chi connectivity index (χ0v) is 9.17. The Morgan fingerprint density at radius 3 is 2.81 bits per heavy atom. The molecule has 0 amide bonds. The normalized spacial score (nSPS) is 10.6. The van der Waals surface area contributed by atoms with E-state index in [1.165, 1.54) is 19.2 Å². The molecule has 0 saturated heterocycles. The van der Waals surface area contributed by atoms with Crippen LogP contribution in [0.2, 0.25) is 0 Å². The number of ether oxygens (including phenoxy) is 1. The summed E-state index contributed by atoms with van der Waals surface area (Å²) < 4.78 is 30.2. The molecule has 1 aromatic heterocycles. The fraction of sp³-hybridized carbons (Fsp3) is 0.455. The Morgan fingerprint density at radius 1 is 1.56 bits per heavy atom. The summed E-state index contributed by atoms with van der Waals surface area (Å²) >= 11 is 0. The van der Waals surface area contributed by atoms with Crippen LogP contribution in [0.4, 0.5) is 8.78 Å². The van der Waals surface area contributed by atoms with E-state index in [1.54, 1.807) is 6.92 Å². The minimum Gasteiger partial charge on any atom is -0.466 e. The minimum absolute atomic E-state index is 0.142. The zero-order valence-electron chi connectivity index (χ0n) is 9.17. The standard InChI is InChI=1S/C11H13F2NO2/c1-3-16-9(15)6-8-4-5-14-7(2)10(8)11(12)13/h4-5,11H,3,6H2,1-2H3. The summed E-state index contributed by atoms with van der Waals surface area (Å²) in [5, 5.41) is 0. The molecule has 0 atom stereocenters. The molecule has 1 rings (SSSR count). The van der Waals surface area contributed by atoms with Crippen molar-refractivity contribution in [3.8, 4) is 0 Å². The second-order valence-corrected chi connectivity index (χ2v) is 3.25. The molecule has 0 aromatic carbocycles. The first kappa shape index (κ1) is 12.5. The smallest absolute Gasteiger partial charge is 0.310 e. The summed E-state index contributed by atoms with van der Waals surface area (Å²) in [6.45, 7) is 3.41. The van der Waals surface area contributed by atoms with E-state index in [4.69, 9.17) is 4.74 Å². The highest BCUT2D eigenvalue weighted by Crippen LogP contribution is 2.25. The third-order valence-corrected chi connectivity index (χ3v) is 2.14. The molecule has 88 valence electrons. The van der Waals surface area contributed by atoms with E-state index in [0.29, 0.717) is 0 Å². The van der Waals surface area contributed by atoms with E-state index in [1.807, 2.05) is 0 Å². The molecule has 1 aromatic rings. The SMILES string of the molecule is CCOC(=O)Cc1ccnc(C)c1C(F)F. The van der Waals surface area contributed by atoms with Gasteiger partial charge in [-0.1, -0.05) is 0 Å². The van der Waals surface area contributed by atoms with E-state index in [2.05, 4.69) is 4.98 Å². The predicted molar refractivity (Wildman–Crippen MR) is 54.3 cm³/mol. The van der Waals surface area contributed by atoms with Crippen LogP contribution in [0.25, 0.3) is 0 Å². The number of nitrogens with zero attached hydrogens (tertiary/aromatic N) is 1. The number of hydrogen-bond donors (Lipinski definition) is 0. The molecule has 0 radical (unpaired) electrons. The van der Waals surface area contributed by atoms with Gasteiger partial charge in [-0.15, -0.1) is 0 Å². The van der Waals surface area contributed by atoms with Crippen molar-refractivity contribution < 1.29 is 18.3 Å². The van der Waals surface area contributed by atoms with Crippen LogP contribution < -0.4 is 0 Å². The van der Waals surface area contributed by atoms with Crippen LogP contribution in [0.15, 0.2) is 12.3 Å². The summed E-state index contributed by atoms with van der Waals surface area (Å²) in [6, 6.07) is 1.42. The lowest BCUT2D eigenvalue weighted by molar-refractivity contribution is -0.142.